The summed E-state index contributed by atoms with van der Waals surface area (Å²) in [5, 5.41) is 8.89. The standard InChI is InChI=1S/C17H13BrN4O3S/c1-23-12-4-2-3-11(9-12)22-8-7-19-17(22)26-10-15-20-21-16(25-15)13-5-6-14(18)24-13/h2-9H,10H2,1H3. The van der Waals surface area contributed by atoms with E-state index >= 15 is 0 Å². The van der Waals surface area contributed by atoms with Crippen molar-refractivity contribution in [2.45, 2.75) is 10.9 Å². The van der Waals surface area contributed by atoms with Crippen LogP contribution in [-0.2, 0) is 5.75 Å². The number of hydrogen-bond donors (Lipinski definition) is 0. The maximum Gasteiger partial charge on any atom is 0.283 e. The topological polar surface area (TPSA) is 79.1 Å². The van der Waals surface area contributed by atoms with Crippen molar-refractivity contribution in [1.82, 2.24) is 19.7 Å². The van der Waals surface area contributed by atoms with Gasteiger partial charge >= 0.3 is 0 Å². The van der Waals surface area contributed by atoms with E-state index < -0.39 is 0 Å². The summed E-state index contributed by atoms with van der Waals surface area (Å²) in [5.74, 6) is 2.66. The lowest BCUT2D eigenvalue weighted by atomic mass is 10.3. The second-order valence-electron chi connectivity index (χ2n) is 5.17. The number of halogens is 1. The van der Waals surface area contributed by atoms with Gasteiger partial charge in [0.2, 0.25) is 5.89 Å². The Bertz CT molecular complexity index is 1030. The van der Waals surface area contributed by atoms with Crippen LogP contribution < -0.4 is 4.74 Å². The third-order valence-corrected chi connectivity index (χ3v) is 4.89. The van der Waals surface area contributed by atoms with Gasteiger partial charge in [-0.3, -0.25) is 4.57 Å². The first-order valence-corrected chi connectivity index (χ1v) is 9.39. The molecule has 3 aromatic heterocycles. The van der Waals surface area contributed by atoms with Crippen LogP contribution in [0.3, 0.4) is 0 Å². The van der Waals surface area contributed by atoms with Crippen molar-refractivity contribution in [1.29, 1.82) is 0 Å². The molecule has 0 aliphatic rings. The van der Waals surface area contributed by atoms with Gasteiger partial charge in [-0.15, -0.1) is 10.2 Å². The Balaban J connectivity index is 1.49. The number of benzene rings is 1. The number of nitrogens with zero attached hydrogens (tertiary/aromatic N) is 4. The Kier molecular flexibility index (Phi) is 4.81. The molecule has 0 unspecified atom stereocenters. The van der Waals surface area contributed by atoms with E-state index in [0.717, 1.165) is 16.6 Å². The fourth-order valence-electron chi connectivity index (χ4n) is 2.32. The van der Waals surface area contributed by atoms with Gasteiger partial charge in [-0.1, -0.05) is 17.8 Å². The molecule has 4 rings (SSSR count). The van der Waals surface area contributed by atoms with Crippen LogP contribution in [0.25, 0.3) is 17.3 Å². The van der Waals surface area contributed by atoms with Crippen LogP contribution in [0.5, 0.6) is 5.75 Å². The van der Waals surface area contributed by atoms with E-state index in [1.807, 2.05) is 35.0 Å². The lowest BCUT2D eigenvalue weighted by Gasteiger charge is -2.08. The number of furan rings is 1. The van der Waals surface area contributed by atoms with Crippen molar-refractivity contribution >= 4 is 27.7 Å². The van der Waals surface area contributed by atoms with E-state index in [9.17, 15) is 0 Å². The van der Waals surface area contributed by atoms with Crippen LogP contribution in [-0.4, -0.2) is 26.9 Å². The Hall–Kier alpha value is -2.52. The largest absolute Gasteiger partial charge is 0.497 e. The van der Waals surface area contributed by atoms with Gasteiger partial charge in [-0.2, -0.15) is 0 Å². The molecule has 1 aromatic carbocycles. The number of aromatic nitrogens is 4. The lowest BCUT2D eigenvalue weighted by molar-refractivity contribution is 0.414. The number of hydrogen-bond acceptors (Lipinski definition) is 7. The van der Waals surface area contributed by atoms with Crippen LogP contribution in [0, 0.1) is 0 Å². The Morgan fingerprint density at radius 2 is 2.12 bits per heavy atom. The highest BCUT2D eigenvalue weighted by atomic mass is 79.9. The van der Waals surface area contributed by atoms with E-state index in [4.69, 9.17) is 13.6 Å². The molecular formula is C17H13BrN4O3S. The van der Waals surface area contributed by atoms with E-state index in [2.05, 4.69) is 31.1 Å². The fourth-order valence-corrected chi connectivity index (χ4v) is 3.44. The van der Waals surface area contributed by atoms with Crippen LogP contribution >= 0.6 is 27.7 Å². The van der Waals surface area contributed by atoms with Gasteiger partial charge in [0.15, 0.2) is 15.6 Å². The quantitative estimate of drug-likeness (QED) is 0.412. The van der Waals surface area contributed by atoms with Crippen molar-refractivity contribution in [3.05, 3.63) is 59.4 Å². The lowest BCUT2D eigenvalue weighted by Crippen LogP contribution is -1.96. The first kappa shape index (κ1) is 16.9. The molecule has 0 amide bonds. The zero-order chi connectivity index (χ0) is 17.9. The fraction of sp³-hybridized carbons (Fsp3) is 0.118. The minimum Gasteiger partial charge on any atom is -0.497 e. The Labute approximate surface area is 161 Å². The molecule has 9 heteroatoms. The monoisotopic (exact) mass is 432 g/mol. The SMILES string of the molecule is COc1cccc(-n2ccnc2SCc2nnc(-c3ccc(Br)o3)o2)c1. The molecule has 0 atom stereocenters. The molecule has 3 heterocycles. The van der Waals surface area contributed by atoms with E-state index in [0.29, 0.717) is 28.0 Å². The number of rotatable bonds is 6. The van der Waals surface area contributed by atoms with Crippen molar-refractivity contribution in [3.63, 3.8) is 0 Å². The zero-order valence-electron chi connectivity index (χ0n) is 13.6. The molecule has 0 bridgehead atoms. The number of ether oxygens (including phenoxy) is 1. The summed E-state index contributed by atoms with van der Waals surface area (Å²) < 4.78 is 18.9. The molecule has 0 N–H and O–H groups in total. The van der Waals surface area contributed by atoms with Crippen molar-refractivity contribution in [3.8, 4) is 23.1 Å². The average molecular weight is 433 g/mol. The predicted molar refractivity (Wildman–Crippen MR) is 99.4 cm³/mol. The molecule has 0 saturated heterocycles. The second-order valence-corrected chi connectivity index (χ2v) is 6.90. The van der Waals surface area contributed by atoms with E-state index in [1.54, 1.807) is 25.4 Å². The molecule has 0 fully saturated rings. The number of imidazole rings is 1. The maximum absolute atomic E-state index is 5.65. The van der Waals surface area contributed by atoms with Gasteiger partial charge < -0.3 is 13.6 Å². The molecular weight excluding hydrogens is 420 g/mol. The first-order valence-electron chi connectivity index (χ1n) is 7.61. The summed E-state index contributed by atoms with van der Waals surface area (Å²) in [6.07, 6.45) is 3.65. The van der Waals surface area contributed by atoms with Crippen molar-refractivity contribution in [2.24, 2.45) is 0 Å². The zero-order valence-corrected chi connectivity index (χ0v) is 16.0. The molecule has 0 radical (unpaired) electrons. The van der Waals surface area contributed by atoms with E-state index in [1.165, 1.54) is 11.8 Å². The summed E-state index contributed by atoms with van der Waals surface area (Å²) in [4.78, 5) is 4.40. The van der Waals surface area contributed by atoms with Crippen molar-refractivity contribution in [2.75, 3.05) is 7.11 Å². The van der Waals surface area contributed by atoms with Gasteiger partial charge in [0, 0.05) is 18.5 Å². The Morgan fingerprint density at radius 3 is 2.92 bits per heavy atom. The third-order valence-electron chi connectivity index (χ3n) is 3.51. The molecule has 0 aliphatic carbocycles. The summed E-state index contributed by atoms with van der Waals surface area (Å²) in [6, 6.07) is 11.3. The molecule has 7 nitrogen and oxygen atoms in total. The molecule has 0 saturated carbocycles. The number of methoxy groups -OCH3 is 1. The van der Waals surface area contributed by atoms with Crippen LogP contribution in [0.4, 0.5) is 0 Å². The highest BCUT2D eigenvalue weighted by molar-refractivity contribution is 9.10. The van der Waals surface area contributed by atoms with Crippen LogP contribution in [0.15, 0.2) is 67.5 Å². The molecule has 4 aromatic rings. The van der Waals surface area contributed by atoms with Gasteiger partial charge in [-0.05, 0) is 40.2 Å². The second kappa shape index (κ2) is 7.38. The van der Waals surface area contributed by atoms with Crippen LogP contribution in [0.1, 0.15) is 5.89 Å². The summed E-state index contributed by atoms with van der Waals surface area (Å²) >= 11 is 4.76. The highest BCUT2D eigenvalue weighted by Crippen LogP contribution is 2.28. The van der Waals surface area contributed by atoms with Crippen LogP contribution in [0.2, 0.25) is 0 Å². The first-order chi connectivity index (χ1) is 12.7. The smallest absolute Gasteiger partial charge is 0.283 e. The molecule has 0 aliphatic heterocycles. The molecule has 0 spiro atoms. The van der Waals surface area contributed by atoms with Gasteiger partial charge in [0.25, 0.3) is 5.89 Å². The normalized spacial score (nSPS) is 11.0. The predicted octanol–water partition coefficient (Wildman–Crippen LogP) is 4.58. The Morgan fingerprint density at radius 1 is 1.19 bits per heavy atom. The van der Waals surface area contributed by atoms with Gasteiger partial charge in [0.05, 0.1) is 18.6 Å². The van der Waals surface area contributed by atoms with Gasteiger partial charge in [-0.25, -0.2) is 4.98 Å². The van der Waals surface area contributed by atoms with E-state index in [-0.39, 0.29) is 0 Å². The molecule has 132 valence electrons. The average Bonchev–Trinajstić information content (AvgIpc) is 3.40. The maximum atomic E-state index is 5.65. The van der Waals surface area contributed by atoms with Crippen molar-refractivity contribution < 1.29 is 13.6 Å². The molecule has 26 heavy (non-hydrogen) atoms. The highest BCUT2D eigenvalue weighted by Gasteiger charge is 2.14. The third kappa shape index (κ3) is 3.54. The number of thioether (sulfide) groups is 1. The summed E-state index contributed by atoms with van der Waals surface area (Å²) in [6.45, 7) is 0. The van der Waals surface area contributed by atoms with Gasteiger partial charge in [0.1, 0.15) is 5.75 Å². The minimum atomic E-state index is 0.349. The summed E-state index contributed by atoms with van der Waals surface area (Å²) in [7, 11) is 1.65. The minimum absolute atomic E-state index is 0.349. The summed E-state index contributed by atoms with van der Waals surface area (Å²) in [5.41, 5.74) is 0.969.